The molecule has 0 spiro atoms. The molecular formula is C23H24N6O2S. The number of carbonyl (C=O) groups is 1. The van der Waals surface area contributed by atoms with E-state index >= 15 is 0 Å². The molecule has 164 valence electrons. The first-order valence-electron chi connectivity index (χ1n) is 10.1. The Kier molecular flexibility index (Phi) is 6.11. The normalized spacial score (nSPS) is 11.5. The van der Waals surface area contributed by atoms with Gasteiger partial charge in [-0.2, -0.15) is 9.78 Å². The smallest absolute Gasteiger partial charge is 0.255 e. The third kappa shape index (κ3) is 4.30. The second-order valence-electron chi connectivity index (χ2n) is 7.84. The quantitative estimate of drug-likeness (QED) is 0.461. The van der Waals surface area contributed by atoms with Gasteiger partial charge >= 0.3 is 0 Å². The molecule has 0 aliphatic rings. The number of rotatable bonds is 7. The van der Waals surface area contributed by atoms with Crippen LogP contribution in [0.3, 0.4) is 0 Å². The van der Waals surface area contributed by atoms with Gasteiger partial charge in [-0.25, -0.2) is 9.97 Å². The minimum absolute atomic E-state index is 0.185. The SMILES string of the molecule is COCc1c(C(=O)NC(C)(C)c2ccncc2)cnn1-c1ncc(C)c(-c2cccs2)n1. The molecule has 8 nitrogen and oxygen atoms in total. The van der Waals surface area contributed by atoms with E-state index < -0.39 is 5.54 Å². The van der Waals surface area contributed by atoms with Crippen molar-refractivity contribution >= 4 is 17.2 Å². The number of ether oxygens (including phenoxy) is 1. The maximum absolute atomic E-state index is 13.2. The summed E-state index contributed by atoms with van der Waals surface area (Å²) in [6.45, 7) is 6.04. The molecule has 4 heterocycles. The van der Waals surface area contributed by atoms with Gasteiger partial charge in [-0.15, -0.1) is 11.3 Å². The highest BCUT2D eigenvalue weighted by Gasteiger charge is 2.27. The molecular weight excluding hydrogens is 424 g/mol. The van der Waals surface area contributed by atoms with Crippen molar-refractivity contribution in [3.8, 4) is 16.5 Å². The monoisotopic (exact) mass is 448 g/mol. The van der Waals surface area contributed by atoms with Gasteiger partial charge in [0.2, 0.25) is 0 Å². The Morgan fingerprint density at radius 3 is 2.69 bits per heavy atom. The fraction of sp³-hybridized carbons (Fsp3) is 0.261. The summed E-state index contributed by atoms with van der Waals surface area (Å²) in [6.07, 6.45) is 6.71. The molecule has 0 saturated carbocycles. The second-order valence-corrected chi connectivity index (χ2v) is 8.79. The predicted octanol–water partition coefficient (Wildman–Crippen LogP) is 3.91. The van der Waals surface area contributed by atoms with Gasteiger partial charge in [0.05, 0.1) is 40.2 Å². The molecule has 1 N–H and O–H groups in total. The maximum atomic E-state index is 13.2. The fourth-order valence-electron chi connectivity index (χ4n) is 3.40. The predicted molar refractivity (Wildman–Crippen MR) is 123 cm³/mol. The standard InChI is InChI=1S/C23H24N6O2S/c1-15-12-25-22(27-20(15)19-6-5-11-32-19)29-18(14-31-4)17(13-26-29)21(30)28-23(2,3)16-7-9-24-10-8-16/h5-13H,14H2,1-4H3,(H,28,30). The van der Waals surface area contributed by atoms with Crippen LogP contribution in [-0.2, 0) is 16.9 Å². The Labute approximate surface area is 190 Å². The van der Waals surface area contributed by atoms with Gasteiger partial charge < -0.3 is 10.1 Å². The summed E-state index contributed by atoms with van der Waals surface area (Å²) >= 11 is 1.61. The van der Waals surface area contributed by atoms with E-state index in [1.54, 1.807) is 41.7 Å². The van der Waals surface area contributed by atoms with Crippen LogP contribution in [0.25, 0.3) is 16.5 Å². The number of carbonyl (C=O) groups excluding carboxylic acids is 1. The molecule has 0 bridgehead atoms. The summed E-state index contributed by atoms with van der Waals surface area (Å²) < 4.78 is 6.94. The van der Waals surface area contributed by atoms with Crippen molar-refractivity contribution in [3.05, 3.63) is 76.8 Å². The maximum Gasteiger partial charge on any atom is 0.255 e. The number of aromatic nitrogens is 5. The van der Waals surface area contributed by atoms with Crippen LogP contribution >= 0.6 is 11.3 Å². The van der Waals surface area contributed by atoms with Gasteiger partial charge in [-0.05, 0) is 55.5 Å². The number of aryl methyl sites for hydroxylation is 1. The molecule has 9 heteroatoms. The zero-order valence-corrected chi connectivity index (χ0v) is 19.2. The van der Waals surface area contributed by atoms with Crippen LogP contribution in [-0.4, -0.2) is 37.7 Å². The first-order valence-corrected chi connectivity index (χ1v) is 11.0. The number of thiophene rings is 1. The number of methoxy groups -OCH3 is 1. The summed E-state index contributed by atoms with van der Waals surface area (Å²) in [5.41, 5.74) is 3.15. The van der Waals surface area contributed by atoms with E-state index in [4.69, 9.17) is 9.72 Å². The van der Waals surface area contributed by atoms with Crippen LogP contribution in [0, 0.1) is 6.92 Å². The Morgan fingerprint density at radius 1 is 1.22 bits per heavy atom. The van der Waals surface area contributed by atoms with Crippen molar-refractivity contribution in [1.82, 2.24) is 30.0 Å². The molecule has 4 aromatic rings. The largest absolute Gasteiger partial charge is 0.378 e. The van der Waals surface area contributed by atoms with Crippen LogP contribution in [0.4, 0.5) is 0 Å². The highest BCUT2D eigenvalue weighted by molar-refractivity contribution is 7.13. The van der Waals surface area contributed by atoms with Crippen molar-refractivity contribution in [2.24, 2.45) is 0 Å². The average molecular weight is 449 g/mol. The van der Waals surface area contributed by atoms with Crippen LogP contribution in [0.2, 0.25) is 0 Å². The minimum Gasteiger partial charge on any atom is -0.378 e. The lowest BCUT2D eigenvalue weighted by molar-refractivity contribution is 0.0906. The van der Waals surface area contributed by atoms with E-state index in [0.717, 1.165) is 21.7 Å². The lowest BCUT2D eigenvalue weighted by Crippen LogP contribution is -2.41. The van der Waals surface area contributed by atoms with Crippen LogP contribution in [0.5, 0.6) is 0 Å². The summed E-state index contributed by atoms with van der Waals surface area (Å²) in [6, 6.07) is 7.76. The summed E-state index contributed by atoms with van der Waals surface area (Å²) in [5.74, 6) is 0.134. The topological polar surface area (TPSA) is 94.8 Å². The Balaban J connectivity index is 1.69. The molecule has 0 aromatic carbocycles. The third-order valence-corrected chi connectivity index (χ3v) is 6.00. The Hall–Kier alpha value is -3.43. The number of hydrogen-bond donors (Lipinski definition) is 1. The summed E-state index contributed by atoms with van der Waals surface area (Å²) in [4.78, 5) is 27.5. The molecule has 0 atom stereocenters. The van der Waals surface area contributed by atoms with Gasteiger partial charge in [-0.1, -0.05) is 6.07 Å². The number of amides is 1. The lowest BCUT2D eigenvalue weighted by Gasteiger charge is -2.26. The third-order valence-electron chi connectivity index (χ3n) is 5.13. The molecule has 0 fully saturated rings. The zero-order valence-electron chi connectivity index (χ0n) is 18.4. The molecule has 4 aromatic heterocycles. The highest BCUT2D eigenvalue weighted by Crippen LogP contribution is 2.27. The molecule has 0 aliphatic carbocycles. The van der Waals surface area contributed by atoms with E-state index in [1.165, 1.54) is 6.20 Å². The minimum atomic E-state index is -0.598. The van der Waals surface area contributed by atoms with Gasteiger partial charge in [0.1, 0.15) is 0 Å². The average Bonchev–Trinajstić information content (AvgIpc) is 3.45. The molecule has 0 saturated heterocycles. The van der Waals surface area contributed by atoms with E-state index in [2.05, 4.69) is 20.4 Å². The number of pyridine rings is 1. The molecule has 4 rings (SSSR count). The van der Waals surface area contributed by atoms with Crippen molar-refractivity contribution in [3.63, 3.8) is 0 Å². The fourth-order valence-corrected chi connectivity index (χ4v) is 4.18. The van der Waals surface area contributed by atoms with Gasteiger partial charge in [0.15, 0.2) is 0 Å². The van der Waals surface area contributed by atoms with Crippen molar-refractivity contribution < 1.29 is 9.53 Å². The molecule has 0 radical (unpaired) electrons. The summed E-state index contributed by atoms with van der Waals surface area (Å²) in [7, 11) is 1.58. The van der Waals surface area contributed by atoms with Crippen molar-refractivity contribution in [2.45, 2.75) is 32.9 Å². The second kappa shape index (κ2) is 8.97. The van der Waals surface area contributed by atoms with Crippen LogP contribution < -0.4 is 5.32 Å². The molecule has 0 unspecified atom stereocenters. The number of nitrogens with one attached hydrogen (secondary N) is 1. The number of nitrogens with zero attached hydrogens (tertiary/aromatic N) is 5. The molecule has 0 aliphatic heterocycles. The van der Waals surface area contributed by atoms with Crippen LogP contribution in [0.1, 0.15) is 41.0 Å². The zero-order chi connectivity index (χ0) is 22.7. The van der Waals surface area contributed by atoms with E-state index in [1.807, 2.05) is 50.4 Å². The Morgan fingerprint density at radius 2 is 2.00 bits per heavy atom. The molecule has 32 heavy (non-hydrogen) atoms. The molecule has 1 amide bonds. The van der Waals surface area contributed by atoms with E-state index in [9.17, 15) is 4.79 Å². The van der Waals surface area contributed by atoms with Crippen molar-refractivity contribution in [2.75, 3.05) is 7.11 Å². The Bertz CT molecular complexity index is 1220. The first kappa shape index (κ1) is 21.8. The van der Waals surface area contributed by atoms with E-state index in [0.29, 0.717) is 17.2 Å². The van der Waals surface area contributed by atoms with Crippen LogP contribution in [0.15, 0.2) is 54.4 Å². The highest BCUT2D eigenvalue weighted by atomic mass is 32.1. The van der Waals surface area contributed by atoms with Gasteiger partial charge in [0, 0.05) is 25.7 Å². The summed E-state index contributed by atoms with van der Waals surface area (Å²) in [5, 5.41) is 9.51. The van der Waals surface area contributed by atoms with Gasteiger partial charge in [-0.3, -0.25) is 9.78 Å². The van der Waals surface area contributed by atoms with Crippen molar-refractivity contribution in [1.29, 1.82) is 0 Å². The first-order chi connectivity index (χ1) is 15.4. The number of hydrogen-bond acceptors (Lipinski definition) is 7. The van der Waals surface area contributed by atoms with E-state index in [-0.39, 0.29) is 12.5 Å². The lowest BCUT2D eigenvalue weighted by atomic mass is 9.95. The van der Waals surface area contributed by atoms with Gasteiger partial charge in [0.25, 0.3) is 11.9 Å².